The van der Waals surface area contributed by atoms with Gasteiger partial charge in [0.1, 0.15) is 18.8 Å². The third kappa shape index (κ3) is 12.5. The van der Waals surface area contributed by atoms with Gasteiger partial charge in [0.25, 0.3) is 0 Å². The van der Waals surface area contributed by atoms with Crippen LogP contribution in [-0.2, 0) is 57.1 Å². The van der Waals surface area contributed by atoms with E-state index in [9.17, 15) is 29.1 Å². The molecule has 74 heavy (non-hydrogen) atoms. The summed E-state index contributed by atoms with van der Waals surface area (Å²) in [7, 11) is 0. The van der Waals surface area contributed by atoms with Crippen molar-refractivity contribution >= 4 is 29.8 Å². The number of aliphatic hydroxyl groups is 1. The molecule has 15 atom stereocenters. The maximum Gasteiger partial charge on any atom is 0.311 e. The van der Waals surface area contributed by atoms with Gasteiger partial charge in [-0.05, 0) is 222 Å². The minimum atomic E-state index is -1.42. The second kappa shape index (κ2) is 21.0. The van der Waals surface area contributed by atoms with Crippen molar-refractivity contribution in [2.45, 2.75) is 266 Å². The van der Waals surface area contributed by atoms with E-state index in [1.165, 1.54) is 5.57 Å². The predicted molar refractivity (Wildman–Crippen MR) is 285 cm³/mol. The van der Waals surface area contributed by atoms with Gasteiger partial charge < -0.3 is 38.3 Å². The van der Waals surface area contributed by atoms with Crippen molar-refractivity contribution in [3.63, 3.8) is 0 Å². The van der Waals surface area contributed by atoms with E-state index in [2.05, 4.69) is 54.5 Å². The van der Waals surface area contributed by atoms with Gasteiger partial charge in [0, 0.05) is 5.92 Å². The highest BCUT2D eigenvalue weighted by atomic mass is 16.7. The van der Waals surface area contributed by atoms with Crippen LogP contribution in [0.4, 0.5) is 0 Å². The predicted octanol–water partition coefficient (Wildman–Crippen LogP) is 12.3. The Morgan fingerprint density at radius 2 is 1.05 bits per heavy atom. The van der Waals surface area contributed by atoms with Gasteiger partial charge in [0.05, 0.1) is 38.8 Å². The zero-order valence-corrected chi connectivity index (χ0v) is 50.3. The lowest BCUT2D eigenvalue weighted by Gasteiger charge is -2.71. The molecular weight excluding hydrogens is 941 g/mol. The van der Waals surface area contributed by atoms with E-state index in [1.807, 2.05) is 27.7 Å². The summed E-state index contributed by atoms with van der Waals surface area (Å²) in [6, 6.07) is 0. The van der Waals surface area contributed by atoms with Crippen molar-refractivity contribution in [3.05, 3.63) is 11.6 Å². The molecule has 5 aliphatic rings. The molecule has 1 saturated heterocycles. The number of rotatable bonds is 12. The van der Waals surface area contributed by atoms with Gasteiger partial charge in [-0.3, -0.25) is 24.0 Å². The van der Waals surface area contributed by atoms with Gasteiger partial charge in [-0.1, -0.05) is 46.3 Å². The van der Waals surface area contributed by atoms with E-state index in [0.29, 0.717) is 19.3 Å². The van der Waals surface area contributed by atoms with Gasteiger partial charge in [0.15, 0.2) is 24.6 Å². The highest BCUT2D eigenvalue weighted by Crippen LogP contribution is 2.76. The van der Waals surface area contributed by atoms with Crippen LogP contribution < -0.4 is 0 Å². The molecule has 5 fully saturated rings. The third-order valence-corrected chi connectivity index (χ3v) is 18.6. The summed E-state index contributed by atoms with van der Waals surface area (Å²) in [5, 5.41) is 12.4. The molecule has 5 rings (SSSR count). The lowest BCUT2D eigenvalue weighted by molar-refractivity contribution is -0.337. The van der Waals surface area contributed by atoms with Gasteiger partial charge >= 0.3 is 29.8 Å². The van der Waals surface area contributed by atoms with Gasteiger partial charge in [0.2, 0.25) is 0 Å². The Bertz CT molecular complexity index is 2100. The molecule has 4 saturated carbocycles. The molecule has 0 bridgehead atoms. The highest BCUT2D eigenvalue weighted by molar-refractivity contribution is 5.78. The number of hydrogen-bond acceptors (Lipinski definition) is 13. The third-order valence-electron chi connectivity index (χ3n) is 18.6. The molecule has 13 nitrogen and oxygen atoms in total. The van der Waals surface area contributed by atoms with Crippen LogP contribution in [0, 0.1) is 72.4 Å². The number of ether oxygens (including phenoxy) is 7. The van der Waals surface area contributed by atoms with Crippen LogP contribution in [0.5, 0.6) is 0 Å². The van der Waals surface area contributed by atoms with Crippen molar-refractivity contribution in [2.75, 3.05) is 6.61 Å². The first-order chi connectivity index (χ1) is 33.3. The second-order valence-corrected chi connectivity index (χ2v) is 30.5. The van der Waals surface area contributed by atoms with Crippen LogP contribution in [-0.4, -0.2) is 90.1 Å². The molecule has 424 valence electrons. The van der Waals surface area contributed by atoms with Crippen LogP contribution in [0.2, 0.25) is 0 Å². The maximum absolute atomic E-state index is 14.1. The quantitative estimate of drug-likeness (QED) is 0.0848. The SMILES string of the molecule is CC(C)=CCC[C@](C)(O)C1CC[C@]2(C)C1C(OC(=O)C(C)(C)C)CC1C3(C)CCC(OC4OC(COC(=O)C(C)(C)C)C(OC(=O)C(C)(C)C)C(OC(=O)C(C)(C)C)C4OC(=O)C(C)(C)C)C(C)(C)C3CCC12C. The van der Waals surface area contributed by atoms with Crippen molar-refractivity contribution in [3.8, 4) is 0 Å². The summed E-state index contributed by atoms with van der Waals surface area (Å²) in [6.07, 6.45) is 1.72. The summed E-state index contributed by atoms with van der Waals surface area (Å²) in [6.45, 7) is 44.0. The number of fused-ring (bicyclic) bond motifs is 5. The molecule has 0 aromatic heterocycles. The Hall–Kier alpha value is -3.03. The zero-order valence-electron chi connectivity index (χ0n) is 50.3. The first-order valence-corrected chi connectivity index (χ1v) is 28.0. The number of esters is 5. The summed E-state index contributed by atoms with van der Waals surface area (Å²) in [5.41, 5.74) is -5.44. The minimum Gasteiger partial charge on any atom is -0.462 e. The van der Waals surface area contributed by atoms with E-state index in [1.54, 1.807) is 83.1 Å². The second-order valence-electron chi connectivity index (χ2n) is 30.5. The monoisotopic (exact) mass is 1040 g/mol. The van der Waals surface area contributed by atoms with Gasteiger partial charge in [-0.15, -0.1) is 0 Å². The van der Waals surface area contributed by atoms with Gasteiger partial charge in [-0.2, -0.15) is 0 Å². The molecule has 0 aromatic rings. The fraction of sp³-hybridized carbons (Fsp3) is 0.885. The van der Waals surface area contributed by atoms with Crippen LogP contribution in [0.15, 0.2) is 11.6 Å². The van der Waals surface area contributed by atoms with E-state index >= 15 is 0 Å². The van der Waals surface area contributed by atoms with Crippen LogP contribution >= 0.6 is 0 Å². The molecule has 1 N–H and O–H groups in total. The molecule has 13 unspecified atom stereocenters. The number of carbonyl (C=O) groups excluding carboxylic acids is 5. The highest BCUT2D eigenvalue weighted by Gasteiger charge is 2.72. The van der Waals surface area contributed by atoms with Crippen molar-refractivity contribution in [1.29, 1.82) is 0 Å². The molecule has 4 aliphatic carbocycles. The van der Waals surface area contributed by atoms with Crippen molar-refractivity contribution in [2.24, 2.45) is 72.4 Å². The van der Waals surface area contributed by atoms with Crippen LogP contribution in [0.1, 0.15) is 217 Å². The summed E-state index contributed by atoms with van der Waals surface area (Å²) < 4.78 is 45.8. The zero-order chi connectivity index (χ0) is 56.5. The first-order valence-electron chi connectivity index (χ1n) is 28.0. The first kappa shape index (κ1) is 61.8. The average molecular weight is 1040 g/mol. The lowest BCUT2D eigenvalue weighted by atomic mass is 9.35. The fourth-order valence-corrected chi connectivity index (χ4v) is 13.9. The maximum atomic E-state index is 14.1. The molecular formula is C61H102O13. The van der Waals surface area contributed by atoms with Crippen LogP contribution in [0.25, 0.3) is 0 Å². The van der Waals surface area contributed by atoms with Crippen molar-refractivity contribution < 1.29 is 62.2 Å². The number of allylic oxidation sites excluding steroid dienone is 2. The topological polar surface area (TPSA) is 170 Å². The Morgan fingerprint density at radius 3 is 1.55 bits per heavy atom. The van der Waals surface area contributed by atoms with E-state index in [0.717, 1.165) is 38.5 Å². The molecule has 0 spiro atoms. The molecule has 0 amide bonds. The molecule has 0 aromatic carbocycles. The number of carbonyl (C=O) groups is 5. The molecule has 0 radical (unpaired) electrons. The van der Waals surface area contributed by atoms with E-state index < -0.39 is 98.8 Å². The standard InChI is InChI=1S/C61H102O13/c1-35(2)25-24-29-61(23,67)36-26-31-60(22)42(36)37(70-48(63)53(6,7)8)33-40-58(20)30-28-41(57(18,19)39(58)27-32-59(40,60)21)71-46-45(74-51(66)56(15,16)17)44(73-50(65)55(12,13)14)43(72-49(64)54(9,10)11)38(69-46)34-68-47(62)52(3,4)5/h25,36-46,67H,24,26-34H2,1-23H3/t36?,37?,38?,39?,40?,41?,42?,43?,44?,45?,46?,58?,59?,60-,61+/m1/s1. The summed E-state index contributed by atoms with van der Waals surface area (Å²) >= 11 is 0. The largest absolute Gasteiger partial charge is 0.462 e. The lowest BCUT2D eigenvalue weighted by Crippen LogP contribution is -2.68. The Kier molecular flexibility index (Phi) is 17.5. The average Bonchev–Trinajstić information content (AvgIpc) is 3.61. The smallest absolute Gasteiger partial charge is 0.311 e. The van der Waals surface area contributed by atoms with Crippen LogP contribution in [0.3, 0.4) is 0 Å². The van der Waals surface area contributed by atoms with Crippen molar-refractivity contribution in [1.82, 2.24) is 0 Å². The summed E-state index contributed by atoms with van der Waals surface area (Å²) in [5.74, 6) is -2.38. The Morgan fingerprint density at radius 1 is 0.581 bits per heavy atom. The molecule has 1 aliphatic heterocycles. The van der Waals surface area contributed by atoms with Gasteiger partial charge in [-0.25, -0.2) is 0 Å². The fourth-order valence-electron chi connectivity index (χ4n) is 13.9. The molecule has 13 heteroatoms. The Labute approximate surface area is 446 Å². The summed E-state index contributed by atoms with van der Waals surface area (Å²) in [4.78, 5) is 69.5. The normalized spacial score (nSPS) is 36.1. The molecule has 1 heterocycles. The minimum absolute atomic E-state index is 0.0248. The number of hydrogen-bond donors (Lipinski definition) is 1. The van der Waals surface area contributed by atoms with E-state index in [4.69, 9.17) is 33.2 Å². The Balaban J connectivity index is 1.59. The van der Waals surface area contributed by atoms with E-state index in [-0.39, 0.29) is 58.6 Å².